The summed E-state index contributed by atoms with van der Waals surface area (Å²) in [7, 11) is 3.01. The molecule has 0 heterocycles. The first kappa shape index (κ1) is 20.7. The van der Waals surface area contributed by atoms with Gasteiger partial charge in [0.1, 0.15) is 11.5 Å². The second-order valence-corrected chi connectivity index (χ2v) is 5.97. The van der Waals surface area contributed by atoms with Crippen molar-refractivity contribution in [2.24, 2.45) is 0 Å². The van der Waals surface area contributed by atoms with Gasteiger partial charge in [-0.05, 0) is 50.2 Å². The summed E-state index contributed by atoms with van der Waals surface area (Å²) in [5, 5.41) is 5.34. The predicted octanol–water partition coefficient (Wildman–Crippen LogP) is 3.43. The number of Topliss-reactive ketones (excluding diaryl/α,β-unsaturated/α-hetero) is 1. The molecule has 0 radical (unpaired) electrons. The van der Waals surface area contributed by atoms with Crippen molar-refractivity contribution < 1.29 is 23.9 Å². The number of amides is 2. The molecule has 2 aromatic rings. The SMILES string of the molecule is COc1ccc(OC)c(NC(=O)/C(C)=C\C(=O)Nc2ccc(C(C)=O)cc2)c1. The Morgan fingerprint density at radius 3 is 2.14 bits per heavy atom. The molecule has 2 aromatic carbocycles. The van der Waals surface area contributed by atoms with Crippen LogP contribution < -0.4 is 20.1 Å². The summed E-state index contributed by atoms with van der Waals surface area (Å²) in [6.07, 6.45) is 1.20. The summed E-state index contributed by atoms with van der Waals surface area (Å²) in [5.74, 6) is 0.0640. The maximum absolute atomic E-state index is 12.4. The molecule has 0 saturated carbocycles. The van der Waals surface area contributed by atoms with Crippen molar-refractivity contribution in [3.8, 4) is 11.5 Å². The molecule has 0 aromatic heterocycles. The van der Waals surface area contributed by atoms with E-state index in [1.54, 1.807) is 42.5 Å². The van der Waals surface area contributed by atoms with E-state index in [9.17, 15) is 14.4 Å². The molecule has 0 aliphatic heterocycles. The molecule has 2 rings (SSSR count). The summed E-state index contributed by atoms with van der Waals surface area (Å²) in [6, 6.07) is 11.5. The number of nitrogens with one attached hydrogen (secondary N) is 2. The minimum Gasteiger partial charge on any atom is -0.497 e. The van der Waals surface area contributed by atoms with Gasteiger partial charge in [-0.25, -0.2) is 0 Å². The molecule has 0 unspecified atom stereocenters. The van der Waals surface area contributed by atoms with Crippen LogP contribution in [0.25, 0.3) is 0 Å². The molecule has 2 N–H and O–H groups in total. The zero-order valence-corrected chi connectivity index (χ0v) is 16.2. The zero-order chi connectivity index (χ0) is 20.7. The van der Waals surface area contributed by atoms with Gasteiger partial charge >= 0.3 is 0 Å². The predicted molar refractivity (Wildman–Crippen MR) is 107 cm³/mol. The van der Waals surface area contributed by atoms with Crippen molar-refractivity contribution in [2.75, 3.05) is 24.9 Å². The fourth-order valence-corrected chi connectivity index (χ4v) is 2.36. The second kappa shape index (κ2) is 9.36. The fourth-order valence-electron chi connectivity index (χ4n) is 2.36. The van der Waals surface area contributed by atoms with Crippen LogP contribution in [-0.4, -0.2) is 31.8 Å². The van der Waals surface area contributed by atoms with Gasteiger partial charge in [-0.3, -0.25) is 14.4 Å². The normalized spacial score (nSPS) is 10.8. The number of anilines is 2. The van der Waals surface area contributed by atoms with Crippen molar-refractivity contribution in [3.05, 3.63) is 59.7 Å². The second-order valence-electron chi connectivity index (χ2n) is 5.97. The first-order valence-electron chi connectivity index (χ1n) is 8.47. The third-order valence-corrected chi connectivity index (χ3v) is 3.92. The number of hydrogen-bond acceptors (Lipinski definition) is 5. The standard InChI is InChI=1S/C21H22N2O5/c1-13(11-20(25)22-16-7-5-15(6-8-16)14(2)24)21(26)23-18-12-17(27-3)9-10-19(18)28-4/h5-12H,1-4H3,(H,22,25)(H,23,26)/b13-11-. The molecule has 0 aliphatic rings. The summed E-state index contributed by atoms with van der Waals surface area (Å²) in [5.41, 5.74) is 1.72. The van der Waals surface area contributed by atoms with E-state index >= 15 is 0 Å². The van der Waals surface area contributed by atoms with E-state index in [1.165, 1.54) is 34.1 Å². The minimum absolute atomic E-state index is 0.0572. The van der Waals surface area contributed by atoms with Crippen LogP contribution >= 0.6 is 0 Å². The third-order valence-electron chi connectivity index (χ3n) is 3.92. The Kier molecular flexibility index (Phi) is 6.92. The molecule has 146 valence electrons. The quantitative estimate of drug-likeness (QED) is 0.565. The highest BCUT2D eigenvalue weighted by molar-refractivity contribution is 6.10. The van der Waals surface area contributed by atoms with Gasteiger partial charge in [-0.2, -0.15) is 0 Å². The maximum atomic E-state index is 12.4. The molecule has 0 bridgehead atoms. The summed E-state index contributed by atoms with van der Waals surface area (Å²) in [4.78, 5) is 35.8. The Morgan fingerprint density at radius 1 is 0.893 bits per heavy atom. The van der Waals surface area contributed by atoms with E-state index in [0.717, 1.165) is 0 Å². The van der Waals surface area contributed by atoms with Gasteiger partial charge < -0.3 is 20.1 Å². The van der Waals surface area contributed by atoms with Crippen LogP contribution in [0.3, 0.4) is 0 Å². The number of methoxy groups -OCH3 is 2. The summed E-state index contributed by atoms with van der Waals surface area (Å²) in [6.45, 7) is 3.00. The number of carbonyl (C=O) groups is 3. The lowest BCUT2D eigenvalue weighted by atomic mass is 10.1. The van der Waals surface area contributed by atoms with E-state index in [4.69, 9.17) is 9.47 Å². The average molecular weight is 382 g/mol. The first-order chi connectivity index (χ1) is 13.3. The van der Waals surface area contributed by atoms with Crippen LogP contribution in [0.1, 0.15) is 24.2 Å². The molecule has 0 fully saturated rings. The highest BCUT2D eigenvalue weighted by Gasteiger charge is 2.12. The summed E-state index contributed by atoms with van der Waals surface area (Å²) < 4.78 is 10.4. The van der Waals surface area contributed by atoms with Crippen LogP contribution in [0.4, 0.5) is 11.4 Å². The highest BCUT2D eigenvalue weighted by atomic mass is 16.5. The fraction of sp³-hybridized carbons (Fsp3) is 0.190. The van der Waals surface area contributed by atoms with E-state index < -0.39 is 11.8 Å². The van der Waals surface area contributed by atoms with E-state index in [1.807, 2.05) is 0 Å². The number of carbonyl (C=O) groups excluding carboxylic acids is 3. The van der Waals surface area contributed by atoms with Gasteiger partial charge in [0.2, 0.25) is 5.91 Å². The van der Waals surface area contributed by atoms with E-state index in [0.29, 0.717) is 28.4 Å². The lowest BCUT2D eigenvalue weighted by molar-refractivity contribution is -0.114. The van der Waals surface area contributed by atoms with Crippen LogP contribution in [0.2, 0.25) is 0 Å². The van der Waals surface area contributed by atoms with Gasteiger partial charge in [-0.15, -0.1) is 0 Å². The van der Waals surface area contributed by atoms with E-state index in [2.05, 4.69) is 10.6 Å². The maximum Gasteiger partial charge on any atom is 0.251 e. The Morgan fingerprint density at radius 2 is 1.57 bits per heavy atom. The van der Waals surface area contributed by atoms with Crippen LogP contribution in [0.15, 0.2) is 54.1 Å². The van der Waals surface area contributed by atoms with Gasteiger partial charge in [0.15, 0.2) is 5.78 Å². The van der Waals surface area contributed by atoms with Crippen molar-refractivity contribution in [3.63, 3.8) is 0 Å². The Balaban J connectivity index is 2.06. The van der Waals surface area contributed by atoms with Gasteiger partial charge in [0, 0.05) is 29.0 Å². The van der Waals surface area contributed by atoms with Crippen molar-refractivity contribution in [2.45, 2.75) is 13.8 Å². The van der Waals surface area contributed by atoms with Gasteiger partial charge in [-0.1, -0.05) is 0 Å². The lowest BCUT2D eigenvalue weighted by Crippen LogP contribution is -2.16. The number of benzene rings is 2. The van der Waals surface area contributed by atoms with Crippen LogP contribution in [-0.2, 0) is 9.59 Å². The van der Waals surface area contributed by atoms with Crippen molar-refractivity contribution in [1.82, 2.24) is 0 Å². The average Bonchev–Trinajstić information content (AvgIpc) is 2.68. The lowest BCUT2D eigenvalue weighted by Gasteiger charge is -2.12. The van der Waals surface area contributed by atoms with Crippen LogP contribution in [0, 0.1) is 0 Å². The smallest absolute Gasteiger partial charge is 0.251 e. The number of ketones is 1. The molecular formula is C21H22N2O5. The number of hydrogen-bond donors (Lipinski definition) is 2. The van der Waals surface area contributed by atoms with Crippen molar-refractivity contribution >= 4 is 29.0 Å². The zero-order valence-electron chi connectivity index (χ0n) is 16.2. The third kappa shape index (κ3) is 5.44. The molecule has 7 nitrogen and oxygen atoms in total. The molecule has 7 heteroatoms. The Labute approximate surface area is 163 Å². The Hall–Kier alpha value is -3.61. The van der Waals surface area contributed by atoms with Gasteiger partial charge in [0.25, 0.3) is 5.91 Å². The van der Waals surface area contributed by atoms with Crippen molar-refractivity contribution in [1.29, 1.82) is 0 Å². The molecule has 2 amide bonds. The first-order valence-corrected chi connectivity index (χ1v) is 8.47. The topological polar surface area (TPSA) is 93.7 Å². The van der Waals surface area contributed by atoms with E-state index in [-0.39, 0.29) is 11.4 Å². The molecule has 0 saturated heterocycles. The van der Waals surface area contributed by atoms with Gasteiger partial charge in [0.05, 0.1) is 19.9 Å². The largest absolute Gasteiger partial charge is 0.497 e. The molecule has 28 heavy (non-hydrogen) atoms. The monoisotopic (exact) mass is 382 g/mol. The highest BCUT2D eigenvalue weighted by Crippen LogP contribution is 2.29. The molecular weight excluding hydrogens is 360 g/mol. The molecule has 0 aliphatic carbocycles. The van der Waals surface area contributed by atoms with Crippen LogP contribution in [0.5, 0.6) is 11.5 Å². The molecule has 0 spiro atoms. The molecule has 0 atom stereocenters. The Bertz CT molecular complexity index is 917. The summed E-state index contributed by atoms with van der Waals surface area (Å²) >= 11 is 0. The number of rotatable bonds is 7. The minimum atomic E-state index is -0.458. The number of ether oxygens (including phenoxy) is 2.